The fourth-order valence-electron chi connectivity index (χ4n) is 2.74. The molecule has 32 heavy (non-hydrogen) atoms. The summed E-state index contributed by atoms with van der Waals surface area (Å²) >= 11 is 2.07. The van der Waals surface area contributed by atoms with Crippen molar-refractivity contribution in [3.8, 4) is 11.5 Å². The predicted octanol–water partition coefficient (Wildman–Crippen LogP) is 3.76. The van der Waals surface area contributed by atoms with Gasteiger partial charge in [-0.05, 0) is 64.0 Å². The quantitative estimate of drug-likeness (QED) is 0.245. The highest BCUT2D eigenvalue weighted by atomic mass is 127. The number of amides is 2. The van der Waals surface area contributed by atoms with Crippen LogP contribution in [-0.4, -0.2) is 31.7 Å². The van der Waals surface area contributed by atoms with Crippen molar-refractivity contribution < 1.29 is 19.1 Å². The zero-order valence-electron chi connectivity index (χ0n) is 17.4. The van der Waals surface area contributed by atoms with Crippen LogP contribution in [0.2, 0.25) is 0 Å². The molecule has 3 rings (SSSR count). The van der Waals surface area contributed by atoms with Crippen molar-refractivity contribution in [2.75, 3.05) is 13.7 Å². The third-order valence-corrected chi connectivity index (χ3v) is 5.30. The maximum Gasteiger partial charge on any atom is 0.259 e. The first-order valence-electron chi connectivity index (χ1n) is 9.76. The third kappa shape index (κ3) is 6.81. The number of carbonyl (C=O) groups is 2. The van der Waals surface area contributed by atoms with Crippen LogP contribution in [0.25, 0.3) is 0 Å². The maximum absolute atomic E-state index is 12.2. The largest absolute Gasteiger partial charge is 0.493 e. The van der Waals surface area contributed by atoms with Gasteiger partial charge in [0.2, 0.25) is 0 Å². The van der Waals surface area contributed by atoms with Crippen molar-refractivity contribution >= 4 is 40.6 Å². The second-order valence-electron chi connectivity index (χ2n) is 6.64. The van der Waals surface area contributed by atoms with E-state index in [-0.39, 0.29) is 12.5 Å². The number of hydrogen-bond donors (Lipinski definition) is 2. The van der Waals surface area contributed by atoms with Crippen LogP contribution in [0.3, 0.4) is 0 Å². The Kier molecular flexibility index (Phi) is 8.61. The number of methoxy groups -OCH3 is 1. The number of hydrogen-bond acceptors (Lipinski definition) is 5. The van der Waals surface area contributed by atoms with Crippen molar-refractivity contribution in [2.24, 2.45) is 5.10 Å². The zero-order chi connectivity index (χ0) is 22.8. The second kappa shape index (κ2) is 11.8. The zero-order valence-corrected chi connectivity index (χ0v) is 19.5. The molecule has 2 amide bonds. The first kappa shape index (κ1) is 23.3. The number of nitrogens with zero attached hydrogens (tertiary/aromatic N) is 1. The number of nitrogens with one attached hydrogen (secondary N) is 2. The summed E-state index contributed by atoms with van der Waals surface area (Å²) in [6.07, 6.45) is 1.49. The summed E-state index contributed by atoms with van der Waals surface area (Å²) in [5, 5.41) is 6.51. The Morgan fingerprint density at radius 1 is 1.00 bits per heavy atom. The van der Waals surface area contributed by atoms with Gasteiger partial charge in [-0.15, -0.1) is 0 Å². The van der Waals surface area contributed by atoms with Gasteiger partial charge in [-0.1, -0.05) is 42.5 Å². The van der Waals surface area contributed by atoms with Gasteiger partial charge in [-0.3, -0.25) is 9.59 Å². The summed E-state index contributed by atoms with van der Waals surface area (Å²) in [4.78, 5) is 24.1. The number of benzene rings is 3. The molecule has 3 aromatic rings. The van der Waals surface area contributed by atoms with Gasteiger partial charge in [0.25, 0.3) is 11.8 Å². The lowest BCUT2D eigenvalue weighted by Crippen LogP contribution is -2.35. The molecule has 7 nitrogen and oxygen atoms in total. The molecule has 164 valence electrons. The lowest BCUT2D eigenvalue weighted by molar-refractivity contribution is -0.120. The van der Waals surface area contributed by atoms with Crippen molar-refractivity contribution in [1.29, 1.82) is 0 Å². The van der Waals surface area contributed by atoms with E-state index in [1.807, 2.05) is 42.5 Å². The van der Waals surface area contributed by atoms with E-state index in [0.29, 0.717) is 23.7 Å². The normalized spacial score (nSPS) is 10.6. The Morgan fingerprint density at radius 3 is 2.50 bits per heavy atom. The van der Waals surface area contributed by atoms with Crippen LogP contribution in [-0.2, 0) is 11.4 Å². The summed E-state index contributed by atoms with van der Waals surface area (Å²) in [5.74, 6) is 0.414. The molecule has 3 aromatic carbocycles. The maximum atomic E-state index is 12.2. The van der Waals surface area contributed by atoms with Gasteiger partial charge in [0.05, 0.1) is 25.4 Å². The van der Waals surface area contributed by atoms with Crippen molar-refractivity contribution in [3.63, 3.8) is 0 Å². The topological polar surface area (TPSA) is 89.0 Å². The Morgan fingerprint density at radius 2 is 1.75 bits per heavy atom. The van der Waals surface area contributed by atoms with Crippen LogP contribution in [0.5, 0.6) is 11.5 Å². The molecular formula is C24H22IN3O4. The average molecular weight is 543 g/mol. The summed E-state index contributed by atoms with van der Waals surface area (Å²) in [6.45, 7) is 0.241. The van der Waals surface area contributed by atoms with Gasteiger partial charge < -0.3 is 14.8 Å². The number of hydrazone groups is 1. The Labute approximate surface area is 200 Å². The third-order valence-electron chi connectivity index (χ3n) is 4.36. The Bertz CT molecular complexity index is 1100. The van der Waals surface area contributed by atoms with E-state index >= 15 is 0 Å². The van der Waals surface area contributed by atoms with Crippen LogP contribution in [0.4, 0.5) is 0 Å². The monoisotopic (exact) mass is 543 g/mol. The molecule has 0 saturated heterocycles. The molecule has 0 heterocycles. The van der Waals surface area contributed by atoms with E-state index in [9.17, 15) is 9.59 Å². The fourth-order valence-corrected chi connectivity index (χ4v) is 3.37. The van der Waals surface area contributed by atoms with Gasteiger partial charge >= 0.3 is 0 Å². The molecule has 0 radical (unpaired) electrons. The first-order chi connectivity index (χ1) is 15.6. The van der Waals surface area contributed by atoms with E-state index in [4.69, 9.17) is 9.47 Å². The molecule has 0 bridgehead atoms. The first-order valence-corrected chi connectivity index (χ1v) is 10.8. The molecule has 8 heteroatoms. The molecule has 2 N–H and O–H groups in total. The van der Waals surface area contributed by atoms with Gasteiger partial charge in [0.15, 0.2) is 11.5 Å². The molecule has 0 spiro atoms. The van der Waals surface area contributed by atoms with Crippen LogP contribution in [0.15, 0.2) is 77.9 Å². The lowest BCUT2D eigenvalue weighted by atomic mass is 10.2. The minimum Gasteiger partial charge on any atom is -0.493 e. The number of rotatable bonds is 9. The molecule has 0 aliphatic heterocycles. The summed E-state index contributed by atoms with van der Waals surface area (Å²) in [7, 11) is 1.56. The number of halogens is 1. The molecule has 0 aliphatic carbocycles. The highest BCUT2D eigenvalue weighted by Gasteiger charge is 2.10. The minimum absolute atomic E-state index is 0.184. The van der Waals surface area contributed by atoms with Crippen molar-refractivity contribution in [2.45, 2.75) is 6.61 Å². The standard InChI is InChI=1S/C24H22IN3O4/c1-31-22-13-18(11-12-21(22)32-16-17-7-3-2-4-8-17)14-27-28-23(29)15-26-24(30)19-9-5-6-10-20(19)25/h2-14H,15-16H2,1H3,(H,26,30)(H,28,29)/b27-14-. The molecule has 0 aromatic heterocycles. The molecule has 0 saturated carbocycles. The van der Waals surface area contributed by atoms with E-state index in [1.165, 1.54) is 6.21 Å². The summed E-state index contributed by atoms with van der Waals surface area (Å²) < 4.78 is 12.0. The number of carbonyl (C=O) groups excluding carboxylic acids is 2. The lowest BCUT2D eigenvalue weighted by Gasteiger charge is -2.11. The molecule has 0 fully saturated rings. The highest BCUT2D eigenvalue weighted by Crippen LogP contribution is 2.28. The van der Waals surface area contributed by atoms with E-state index in [0.717, 1.165) is 14.7 Å². The highest BCUT2D eigenvalue weighted by molar-refractivity contribution is 14.1. The van der Waals surface area contributed by atoms with Crippen LogP contribution in [0.1, 0.15) is 21.5 Å². The Hall–Kier alpha value is -3.40. The van der Waals surface area contributed by atoms with Gasteiger partial charge in [-0.25, -0.2) is 5.43 Å². The van der Waals surface area contributed by atoms with Crippen molar-refractivity contribution in [3.05, 3.63) is 93.1 Å². The molecule has 0 atom stereocenters. The van der Waals surface area contributed by atoms with Gasteiger partial charge in [0, 0.05) is 3.57 Å². The van der Waals surface area contributed by atoms with Crippen molar-refractivity contribution in [1.82, 2.24) is 10.7 Å². The minimum atomic E-state index is -0.435. The fraction of sp³-hybridized carbons (Fsp3) is 0.125. The summed E-state index contributed by atoms with van der Waals surface area (Å²) in [5.41, 5.74) is 4.68. The van der Waals surface area contributed by atoms with Gasteiger partial charge in [0.1, 0.15) is 6.61 Å². The molecule has 0 aliphatic rings. The van der Waals surface area contributed by atoms with Crippen LogP contribution < -0.4 is 20.2 Å². The summed E-state index contributed by atoms with van der Waals surface area (Å²) in [6, 6.07) is 22.3. The van der Waals surface area contributed by atoms with E-state index in [1.54, 1.807) is 37.4 Å². The van der Waals surface area contributed by atoms with Crippen LogP contribution in [0, 0.1) is 3.57 Å². The number of ether oxygens (including phenoxy) is 2. The Balaban J connectivity index is 1.50. The second-order valence-corrected chi connectivity index (χ2v) is 7.80. The van der Waals surface area contributed by atoms with Gasteiger partial charge in [-0.2, -0.15) is 5.10 Å². The van der Waals surface area contributed by atoms with E-state index in [2.05, 4.69) is 38.4 Å². The predicted molar refractivity (Wildman–Crippen MR) is 131 cm³/mol. The van der Waals surface area contributed by atoms with E-state index < -0.39 is 5.91 Å². The smallest absolute Gasteiger partial charge is 0.259 e. The molecular weight excluding hydrogens is 521 g/mol. The average Bonchev–Trinajstić information content (AvgIpc) is 2.82. The van der Waals surface area contributed by atoms with Crippen LogP contribution >= 0.6 is 22.6 Å². The SMILES string of the molecule is COc1cc(/C=N\NC(=O)CNC(=O)c2ccccc2I)ccc1OCc1ccccc1. The molecule has 0 unspecified atom stereocenters.